The predicted molar refractivity (Wildman–Crippen MR) is 78.9 cm³/mol. The van der Waals surface area contributed by atoms with Gasteiger partial charge in [-0.15, -0.1) is 0 Å². The molecule has 4 amide bonds. The lowest BCUT2D eigenvalue weighted by Crippen LogP contribution is -2.35. The molecule has 2 heterocycles. The summed E-state index contributed by atoms with van der Waals surface area (Å²) in [6, 6.07) is 9.52. The molecule has 0 radical (unpaired) electrons. The first-order valence-corrected chi connectivity index (χ1v) is 7.15. The number of urea groups is 1. The number of amides is 4. The van der Waals surface area contributed by atoms with Gasteiger partial charge in [0, 0.05) is 6.07 Å². The third kappa shape index (κ3) is 2.61. The molecule has 7 nitrogen and oxygen atoms in total. The highest BCUT2D eigenvalue weighted by Gasteiger charge is 2.47. The summed E-state index contributed by atoms with van der Waals surface area (Å²) < 4.78 is 5.01. The van der Waals surface area contributed by atoms with Gasteiger partial charge in [-0.3, -0.25) is 9.59 Å². The molecule has 1 atom stereocenters. The Bertz CT molecular complexity index is 769. The van der Waals surface area contributed by atoms with Crippen molar-refractivity contribution in [3.8, 4) is 0 Å². The Labute approximate surface area is 132 Å². The molecule has 0 aliphatic carbocycles. The van der Waals surface area contributed by atoms with E-state index in [-0.39, 0.29) is 6.54 Å². The van der Waals surface area contributed by atoms with E-state index in [1.54, 1.807) is 32.0 Å². The Balaban J connectivity index is 1.85. The van der Waals surface area contributed by atoms with Crippen molar-refractivity contribution < 1.29 is 18.9 Å². The molecule has 0 spiro atoms. The molecule has 0 saturated carbocycles. The minimum Gasteiger partial charge on any atom is -0.359 e. The summed E-state index contributed by atoms with van der Waals surface area (Å²) in [4.78, 5) is 38.7. The zero-order chi connectivity index (χ0) is 16.6. The SMILES string of the molecule is Cc1cc(CN2C(=O)C(=O)N([C@@H](C)c3ccccc3)C2=O)on1. The fraction of sp³-hybridized carbons (Fsp3) is 0.250. The van der Waals surface area contributed by atoms with E-state index in [4.69, 9.17) is 4.52 Å². The lowest BCUT2D eigenvalue weighted by molar-refractivity contribution is -0.144. The standard InChI is InChI=1S/C16H15N3O4/c1-10-8-13(23-17-10)9-18-14(20)15(21)19(16(18)22)11(2)12-6-4-3-5-7-12/h3-8,11H,9H2,1-2H3/t11-/m0/s1. The largest absolute Gasteiger partial charge is 0.359 e. The molecular formula is C16H15N3O4. The monoisotopic (exact) mass is 313 g/mol. The first-order chi connectivity index (χ1) is 11.0. The average Bonchev–Trinajstić information content (AvgIpc) is 3.05. The van der Waals surface area contributed by atoms with Crippen LogP contribution in [0.15, 0.2) is 40.9 Å². The van der Waals surface area contributed by atoms with E-state index in [0.29, 0.717) is 11.5 Å². The summed E-state index contributed by atoms with van der Waals surface area (Å²) in [6.07, 6.45) is 0. The number of imide groups is 2. The van der Waals surface area contributed by atoms with Gasteiger partial charge in [0.25, 0.3) is 0 Å². The third-order valence-corrected chi connectivity index (χ3v) is 3.74. The minimum atomic E-state index is -0.855. The van der Waals surface area contributed by atoms with Crippen LogP contribution in [0, 0.1) is 6.92 Å². The number of aryl methyl sites for hydroxylation is 1. The molecule has 0 unspecified atom stereocenters. The second-order valence-corrected chi connectivity index (χ2v) is 5.37. The minimum absolute atomic E-state index is 0.109. The fourth-order valence-electron chi connectivity index (χ4n) is 2.53. The molecule has 0 N–H and O–H groups in total. The smallest absolute Gasteiger partial charge is 0.335 e. The molecular weight excluding hydrogens is 298 g/mol. The van der Waals surface area contributed by atoms with Gasteiger partial charge < -0.3 is 4.52 Å². The summed E-state index contributed by atoms with van der Waals surface area (Å²) in [5.41, 5.74) is 1.42. The van der Waals surface area contributed by atoms with Crippen molar-refractivity contribution in [1.29, 1.82) is 0 Å². The van der Waals surface area contributed by atoms with Gasteiger partial charge in [0.1, 0.15) is 0 Å². The number of carbonyl (C=O) groups is 3. The lowest BCUT2D eigenvalue weighted by Gasteiger charge is -2.22. The van der Waals surface area contributed by atoms with Crippen molar-refractivity contribution in [1.82, 2.24) is 15.0 Å². The van der Waals surface area contributed by atoms with Gasteiger partial charge in [-0.1, -0.05) is 35.5 Å². The highest BCUT2D eigenvalue weighted by atomic mass is 16.5. The maximum absolute atomic E-state index is 12.5. The van der Waals surface area contributed by atoms with E-state index in [2.05, 4.69) is 5.16 Å². The topological polar surface area (TPSA) is 83.7 Å². The average molecular weight is 313 g/mol. The fourth-order valence-corrected chi connectivity index (χ4v) is 2.53. The van der Waals surface area contributed by atoms with E-state index in [9.17, 15) is 14.4 Å². The van der Waals surface area contributed by atoms with Crippen LogP contribution < -0.4 is 0 Å². The number of aromatic nitrogens is 1. The molecule has 3 rings (SSSR count). The Hall–Kier alpha value is -2.96. The maximum Gasteiger partial charge on any atom is 0.335 e. The molecule has 7 heteroatoms. The summed E-state index contributed by atoms with van der Waals surface area (Å²) in [5, 5.41) is 3.71. The Kier molecular flexibility index (Phi) is 3.69. The summed E-state index contributed by atoms with van der Waals surface area (Å²) in [7, 11) is 0. The zero-order valence-electron chi connectivity index (χ0n) is 12.7. The molecule has 1 aliphatic heterocycles. The Morgan fingerprint density at radius 1 is 1.13 bits per heavy atom. The van der Waals surface area contributed by atoms with Gasteiger partial charge in [-0.25, -0.2) is 14.6 Å². The van der Waals surface area contributed by atoms with Crippen LogP contribution in [0.1, 0.15) is 30.0 Å². The van der Waals surface area contributed by atoms with Crippen LogP contribution >= 0.6 is 0 Å². The van der Waals surface area contributed by atoms with Gasteiger partial charge in [-0.05, 0) is 19.4 Å². The zero-order valence-corrected chi connectivity index (χ0v) is 12.7. The Morgan fingerprint density at radius 2 is 1.83 bits per heavy atom. The van der Waals surface area contributed by atoms with Crippen molar-refractivity contribution in [2.75, 3.05) is 0 Å². The lowest BCUT2D eigenvalue weighted by atomic mass is 10.1. The van der Waals surface area contributed by atoms with E-state index in [1.165, 1.54) is 0 Å². The second kappa shape index (κ2) is 5.68. The van der Waals surface area contributed by atoms with Crippen LogP contribution in [0.5, 0.6) is 0 Å². The Morgan fingerprint density at radius 3 is 2.43 bits per heavy atom. The molecule has 23 heavy (non-hydrogen) atoms. The van der Waals surface area contributed by atoms with Crippen LogP contribution in [0.4, 0.5) is 4.79 Å². The molecule has 1 fully saturated rings. The number of hydrogen-bond acceptors (Lipinski definition) is 5. The van der Waals surface area contributed by atoms with Gasteiger partial charge >= 0.3 is 17.8 Å². The molecule has 0 bridgehead atoms. The quantitative estimate of drug-likeness (QED) is 0.637. The number of nitrogens with zero attached hydrogens (tertiary/aromatic N) is 3. The van der Waals surface area contributed by atoms with Crippen molar-refractivity contribution >= 4 is 17.8 Å². The van der Waals surface area contributed by atoms with Crippen molar-refractivity contribution in [2.24, 2.45) is 0 Å². The van der Waals surface area contributed by atoms with Crippen LogP contribution in [0.3, 0.4) is 0 Å². The van der Waals surface area contributed by atoms with E-state index in [0.717, 1.165) is 15.4 Å². The number of rotatable bonds is 4. The second-order valence-electron chi connectivity index (χ2n) is 5.37. The van der Waals surface area contributed by atoms with Crippen molar-refractivity contribution in [2.45, 2.75) is 26.4 Å². The molecule has 1 saturated heterocycles. The van der Waals surface area contributed by atoms with Crippen LogP contribution in [0.2, 0.25) is 0 Å². The summed E-state index contributed by atoms with van der Waals surface area (Å²) >= 11 is 0. The van der Waals surface area contributed by atoms with Gasteiger partial charge in [0.15, 0.2) is 5.76 Å². The summed E-state index contributed by atoms with van der Waals surface area (Å²) in [6.45, 7) is 3.33. The number of hydrogen-bond donors (Lipinski definition) is 0. The summed E-state index contributed by atoms with van der Waals surface area (Å²) in [5.74, 6) is -1.33. The van der Waals surface area contributed by atoms with Gasteiger partial charge in [-0.2, -0.15) is 0 Å². The maximum atomic E-state index is 12.5. The number of benzene rings is 1. The van der Waals surface area contributed by atoms with E-state index >= 15 is 0 Å². The normalized spacial score (nSPS) is 16.3. The molecule has 1 aromatic carbocycles. The van der Waals surface area contributed by atoms with Crippen molar-refractivity contribution in [3.05, 3.63) is 53.4 Å². The highest BCUT2D eigenvalue weighted by Crippen LogP contribution is 2.27. The first kappa shape index (κ1) is 15.0. The van der Waals surface area contributed by atoms with E-state index in [1.807, 2.05) is 18.2 Å². The van der Waals surface area contributed by atoms with Crippen molar-refractivity contribution in [3.63, 3.8) is 0 Å². The predicted octanol–water partition coefficient (Wildman–Crippen LogP) is 2.04. The number of carbonyl (C=O) groups excluding carboxylic acids is 3. The van der Waals surface area contributed by atoms with Crippen LogP contribution in [-0.2, 0) is 16.1 Å². The van der Waals surface area contributed by atoms with Crippen LogP contribution in [0.25, 0.3) is 0 Å². The van der Waals surface area contributed by atoms with E-state index < -0.39 is 23.9 Å². The highest BCUT2D eigenvalue weighted by molar-refractivity contribution is 6.44. The molecule has 118 valence electrons. The first-order valence-electron chi connectivity index (χ1n) is 7.15. The molecule has 2 aromatic rings. The van der Waals surface area contributed by atoms with Crippen LogP contribution in [-0.4, -0.2) is 32.8 Å². The van der Waals surface area contributed by atoms with Gasteiger partial charge in [0.05, 0.1) is 18.3 Å². The third-order valence-electron chi connectivity index (χ3n) is 3.74. The molecule has 1 aliphatic rings. The molecule has 1 aromatic heterocycles. The van der Waals surface area contributed by atoms with Gasteiger partial charge in [0.2, 0.25) is 0 Å².